The number of benzene rings is 2. The fraction of sp³-hybridized carbons (Fsp3) is 0.0870. The van der Waals surface area contributed by atoms with Crippen molar-refractivity contribution < 1.29 is 27.1 Å². The lowest BCUT2D eigenvalue weighted by Gasteiger charge is -2.13. The van der Waals surface area contributed by atoms with E-state index >= 15 is 0 Å². The van der Waals surface area contributed by atoms with Gasteiger partial charge < -0.3 is 21.1 Å². The van der Waals surface area contributed by atoms with Gasteiger partial charge in [0.05, 0.1) is 22.5 Å². The standard InChI is InChI=1S/C23H17ClF4N6O2/c1-34-11-13(10-31-34)12-6-20(21(29)30-9-12)36-15-3-5-19(18(25)8-15)33-22(35)32-14-2-4-17(24)16(7-14)23(26,27)28/h2-11H,1H3,(H2,29,30)(H2,32,33,35). The zero-order valence-electron chi connectivity index (χ0n) is 18.4. The normalized spacial score (nSPS) is 11.3. The van der Waals surface area contributed by atoms with Gasteiger partial charge in [0, 0.05) is 42.3 Å². The van der Waals surface area contributed by atoms with E-state index in [0.29, 0.717) is 11.6 Å². The van der Waals surface area contributed by atoms with Crippen LogP contribution in [0.2, 0.25) is 5.02 Å². The molecule has 4 aromatic rings. The van der Waals surface area contributed by atoms with Crippen LogP contribution in [0.3, 0.4) is 0 Å². The Bertz CT molecular complexity index is 1440. The first kappa shape index (κ1) is 24.8. The van der Waals surface area contributed by atoms with E-state index in [1.807, 2.05) is 0 Å². The van der Waals surface area contributed by atoms with Gasteiger partial charge in [-0.05, 0) is 36.4 Å². The van der Waals surface area contributed by atoms with Gasteiger partial charge in [0.15, 0.2) is 11.6 Å². The first-order valence-corrected chi connectivity index (χ1v) is 10.5. The molecule has 0 aliphatic heterocycles. The number of aryl methyl sites for hydroxylation is 1. The number of nitrogen functional groups attached to an aromatic ring is 1. The molecule has 13 heteroatoms. The molecule has 2 aromatic heterocycles. The molecular weight excluding hydrogens is 504 g/mol. The number of aromatic nitrogens is 3. The van der Waals surface area contributed by atoms with Gasteiger partial charge in [-0.3, -0.25) is 4.68 Å². The largest absolute Gasteiger partial charge is 0.453 e. The van der Waals surface area contributed by atoms with Crippen LogP contribution < -0.4 is 21.1 Å². The second-order valence-corrected chi connectivity index (χ2v) is 7.93. The molecule has 0 aliphatic rings. The lowest BCUT2D eigenvalue weighted by molar-refractivity contribution is -0.137. The summed E-state index contributed by atoms with van der Waals surface area (Å²) in [6, 6.07) is 7.12. The Kier molecular flexibility index (Phi) is 6.71. The molecule has 0 bridgehead atoms. The highest BCUT2D eigenvalue weighted by atomic mass is 35.5. The zero-order valence-corrected chi connectivity index (χ0v) is 19.2. The summed E-state index contributed by atoms with van der Waals surface area (Å²) in [7, 11) is 1.76. The van der Waals surface area contributed by atoms with Crippen LogP contribution in [0.15, 0.2) is 61.1 Å². The number of nitrogens with two attached hydrogens (primary N) is 1. The number of nitrogens with zero attached hydrogens (tertiary/aromatic N) is 3. The summed E-state index contributed by atoms with van der Waals surface area (Å²) in [5.41, 5.74) is 5.80. The molecule has 4 rings (SSSR count). The number of pyridine rings is 1. The van der Waals surface area contributed by atoms with Crippen molar-refractivity contribution in [2.75, 3.05) is 16.4 Å². The average molecular weight is 521 g/mol. The summed E-state index contributed by atoms with van der Waals surface area (Å²) in [5, 5.41) is 8.00. The Labute approximate surface area is 206 Å². The second kappa shape index (κ2) is 9.74. The van der Waals surface area contributed by atoms with Gasteiger partial charge in [-0.2, -0.15) is 18.3 Å². The average Bonchev–Trinajstić information content (AvgIpc) is 3.24. The van der Waals surface area contributed by atoms with E-state index in [1.54, 1.807) is 36.4 Å². The number of amides is 2. The van der Waals surface area contributed by atoms with E-state index in [2.05, 4.69) is 20.7 Å². The monoisotopic (exact) mass is 520 g/mol. The molecule has 0 fully saturated rings. The minimum Gasteiger partial charge on any atom is -0.453 e. The second-order valence-electron chi connectivity index (χ2n) is 7.53. The molecular formula is C23H17ClF4N6O2. The minimum absolute atomic E-state index is 0.0721. The Morgan fingerprint density at radius 3 is 2.53 bits per heavy atom. The van der Waals surface area contributed by atoms with Crippen LogP contribution in [0, 0.1) is 5.82 Å². The molecule has 0 atom stereocenters. The van der Waals surface area contributed by atoms with Gasteiger partial charge in [0.1, 0.15) is 11.6 Å². The van der Waals surface area contributed by atoms with Gasteiger partial charge in [-0.1, -0.05) is 11.6 Å². The number of anilines is 3. The van der Waals surface area contributed by atoms with Gasteiger partial charge in [-0.15, -0.1) is 0 Å². The SMILES string of the molecule is Cn1cc(-c2cnc(N)c(Oc3ccc(NC(=O)Nc4ccc(Cl)c(C(F)(F)F)c4)c(F)c3)c2)cn1. The van der Waals surface area contributed by atoms with E-state index in [0.717, 1.165) is 17.7 Å². The molecule has 2 heterocycles. The molecule has 0 radical (unpaired) electrons. The predicted molar refractivity (Wildman–Crippen MR) is 126 cm³/mol. The van der Waals surface area contributed by atoms with E-state index in [9.17, 15) is 22.4 Å². The van der Waals surface area contributed by atoms with Crippen LogP contribution in [0.1, 0.15) is 5.56 Å². The highest BCUT2D eigenvalue weighted by Gasteiger charge is 2.33. The number of nitrogens with one attached hydrogen (secondary N) is 2. The molecule has 36 heavy (non-hydrogen) atoms. The number of ether oxygens (including phenoxy) is 1. The summed E-state index contributed by atoms with van der Waals surface area (Å²) in [4.78, 5) is 16.3. The lowest BCUT2D eigenvalue weighted by Crippen LogP contribution is -2.20. The van der Waals surface area contributed by atoms with Crippen LogP contribution in [-0.2, 0) is 13.2 Å². The molecule has 2 amide bonds. The van der Waals surface area contributed by atoms with Crippen molar-refractivity contribution in [3.8, 4) is 22.6 Å². The van der Waals surface area contributed by atoms with Crippen LogP contribution in [0.4, 0.5) is 39.5 Å². The Balaban J connectivity index is 1.46. The first-order chi connectivity index (χ1) is 17.0. The van der Waals surface area contributed by atoms with Crippen molar-refractivity contribution in [2.45, 2.75) is 6.18 Å². The molecule has 186 valence electrons. The number of hydrogen-bond donors (Lipinski definition) is 3. The third-order valence-electron chi connectivity index (χ3n) is 4.87. The molecule has 4 N–H and O–H groups in total. The van der Waals surface area contributed by atoms with Crippen molar-refractivity contribution in [2.24, 2.45) is 7.05 Å². The van der Waals surface area contributed by atoms with Crippen molar-refractivity contribution in [3.05, 3.63) is 77.5 Å². The van der Waals surface area contributed by atoms with Crippen LogP contribution in [0.25, 0.3) is 11.1 Å². The number of halogens is 5. The van der Waals surface area contributed by atoms with Crippen molar-refractivity contribution in [1.82, 2.24) is 14.8 Å². The third kappa shape index (κ3) is 5.66. The molecule has 8 nitrogen and oxygen atoms in total. The summed E-state index contributed by atoms with van der Waals surface area (Å²) in [6.07, 6.45) is 0.250. The quantitative estimate of drug-likeness (QED) is 0.267. The molecule has 0 spiro atoms. The zero-order chi connectivity index (χ0) is 26.0. The van der Waals surface area contributed by atoms with Crippen LogP contribution >= 0.6 is 11.6 Å². The maximum Gasteiger partial charge on any atom is 0.417 e. The number of alkyl halides is 3. The highest BCUT2D eigenvalue weighted by Crippen LogP contribution is 2.36. The van der Waals surface area contributed by atoms with Crippen LogP contribution in [-0.4, -0.2) is 20.8 Å². The number of carbonyl (C=O) groups is 1. The highest BCUT2D eigenvalue weighted by molar-refractivity contribution is 6.31. The molecule has 0 saturated carbocycles. The van der Waals surface area contributed by atoms with E-state index < -0.39 is 28.6 Å². The number of carbonyl (C=O) groups excluding carboxylic acids is 1. The number of urea groups is 1. The summed E-state index contributed by atoms with van der Waals surface area (Å²) in [5.74, 6) is -0.532. The summed E-state index contributed by atoms with van der Waals surface area (Å²) < 4.78 is 60.9. The fourth-order valence-electron chi connectivity index (χ4n) is 3.16. The molecule has 0 saturated heterocycles. The third-order valence-corrected chi connectivity index (χ3v) is 5.20. The van der Waals surface area contributed by atoms with E-state index in [4.69, 9.17) is 22.1 Å². The van der Waals surface area contributed by atoms with Gasteiger partial charge in [-0.25, -0.2) is 14.2 Å². The molecule has 2 aromatic carbocycles. The van der Waals surface area contributed by atoms with Gasteiger partial charge in [0.25, 0.3) is 0 Å². The summed E-state index contributed by atoms with van der Waals surface area (Å²) >= 11 is 5.57. The topological polar surface area (TPSA) is 107 Å². The predicted octanol–water partition coefficient (Wildman–Crippen LogP) is 6.31. The molecule has 0 unspecified atom stereocenters. The van der Waals surface area contributed by atoms with Crippen molar-refractivity contribution >= 4 is 34.8 Å². The minimum atomic E-state index is -4.70. The number of hydrogen-bond acceptors (Lipinski definition) is 5. The lowest BCUT2D eigenvalue weighted by atomic mass is 10.1. The van der Waals surface area contributed by atoms with E-state index in [-0.39, 0.29) is 28.7 Å². The van der Waals surface area contributed by atoms with Crippen molar-refractivity contribution in [3.63, 3.8) is 0 Å². The Morgan fingerprint density at radius 2 is 1.86 bits per heavy atom. The molecule has 0 aliphatic carbocycles. The summed E-state index contributed by atoms with van der Waals surface area (Å²) in [6.45, 7) is 0. The van der Waals surface area contributed by atoms with Gasteiger partial charge in [0.2, 0.25) is 0 Å². The maximum atomic E-state index is 14.6. The maximum absolute atomic E-state index is 14.6. The number of rotatable bonds is 5. The first-order valence-electron chi connectivity index (χ1n) is 10.2. The smallest absolute Gasteiger partial charge is 0.417 e. The fourth-order valence-corrected chi connectivity index (χ4v) is 3.38. The Hall–Kier alpha value is -4.32. The van der Waals surface area contributed by atoms with E-state index in [1.165, 1.54) is 18.2 Å². The van der Waals surface area contributed by atoms with Crippen molar-refractivity contribution in [1.29, 1.82) is 0 Å². The Morgan fingerprint density at radius 1 is 1.08 bits per heavy atom. The van der Waals surface area contributed by atoms with Gasteiger partial charge >= 0.3 is 12.2 Å². The van der Waals surface area contributed by atoms with Crippen LogP contribution in [0.5, 0.6) is 11.5 Å².